The first kappa shape index (κ1) is 14.7. The summed E-state index contributed by atoms with van der Waals surface area (Å²) in [7, 11) is 0. The molecule has 6 heteroatoms. The number of benzene rings is 1. The molecule has 0 bridgehead atoms. The second-order valence-electron chi connectivity index (χ2n) is 4.09. The second-order valence-corrected chi connectivity index (χ2v) is 6.55. The molecule has 2 rings (SSSR count). The smallest absolute Gasteiger partial charge is 0.273 e. The number of aryl methyl sites for hydroxylation is 1. The third-order valence-electron chi connectivity index (χ3n) is 2.60. The van der Waals surface area contributed by atoms with E-state index in [9.17, 15) is 9.59 Å². The lowest BCUT2D eigenvalue weighted by Gasteiger charge is -2.06. The van der Waals surface area contributed by atoms with Crippen molar-refractivity contribution in [2.45, 2.75) is 12.8 Å². The van der Waals surface area contributed by atoms with E-state index in [0.717, 1.165) is 9.35 Å². The Labute approximate surface area is 129 Å². The average molecular weight is 353 g/mol. The highest BCUT2D eigenvalue weighted by molar-refractivity contribution is 9.11. The minimum Gasteiger partial charge on any atom is -0.273 e. The number of hydrogen-bond acceptors (Lipinski definition) is 3. The Kier molecular flexibility index (Phi) is 5.31. The highest BCUT2D eigenvalue weighted by Crippen LogP contribution is 2.21. The van der Waals surface area contributed by atoms with Gasteiger partial charge in [-0.25, -0.2) is 0 Å². The highest BCUT2D eigenvalue weighted by atomic mass is 79.9. The Balaban J connectivity index is 1.74. The molecule has 2 N–H and O–H groups in total. The maximum atomic E-state index is 11.7. The van der Waals surface area contributed by atoms with Gasteiger partial charge in [0.1, 0.15) is 0 Å². The zero-order valence-electron chi connectivity index (χ0n) is 10.6. The quantitative estimate of drug-likeness (QED) is 0.831. The van der Waals surface area contributed by atoms with Gasteiger partial charge < -0.3 is 0 Å². The number of thiophene rings is 1. The lowest BCUT2D eigenvalue weighted by molar-refractivity contribution is -0.121. The molecule has 1 aromatic carbocycles. The van der Waals surface area contributed by atoms with Crippen molar-refractivity contribution in [1.29, 1.82) is 0 Å². The van der Waals surface area contributed by atoms with E-state index in [0.29, 0.717) is 17.7 Å². The lowest BCUT2D eigenvalue weighted by atomic mass is 10.1. The molecule has 0 aliphatic heterocycles. The number of carbonyl (C=O) groups excluding carboxylic acids is 2. The minimum atomic E-state index is -0.311. The maximum Gasteiger partial charge on any atom is 0.279 e. The summed E-state index contributed by atoms with van der Waals surface area (Å²) in [5, 5.41) is 0. The molecule has 0 radical (unpaired) electrons. The van der Waals surface area contributed by atoms with E-state index in [-0.39, 0.29) is 11.8 Å². The Bertz CT molecular complexity index is 598. The van der Waals surface area contributed by atoms with Crippen molar-refractivity contribution in [2.75, 3.05) is 0 Å². The zero-order chi connectivity index (χ0) is 14.4. The summed E-state index contributed by atoms with van der Waals surface area (Å²) in [6.45, 7) is 0. The van der Waals surface area contributed by atoms with E-state index < -0.39 is 0 Å². The summed E-state index contributed by atoms with van der Waals surface area (Å²) >= 11 is 4.59. The van der Waals surface area contributed by atoms with Gasteiger partial charge in [-0.05, 0) is 40.0 Å². The van der Waals surface area contributed by atoms with Gasteiger partial charge >= 0.3 is 0 Å². The molecule has 104 valence electrons. The van der Waals surface area contributed by atoms with Crippen molar-refractivity contribution in [3.05, 3.63) is 56.7 Å². The Morgan fingerprint density at radius 2 is 1.80 bits per heavy atom. The standard InChI is InChI=1S/C14H13BrN2O2S/c15-12-8-7-11(20-12)14(19)17-16-13(18)9-6-10-4-2-1-3-5-10/h1-5,7-8H,6,9H2,(H,16,18)(H,17,19). The average Bonchev–Trinajstić information content (AvgIpc) is 2.90. The van der Waals surface area contributed by atoms with Crippen LogP contribution in [0.25, 0.3) is 0 Å². The maximum absolute atomic E-state index is 11.7. The van der Waals surface area contributed by atoms with E-state index in [1.807, 2.05) is 30.3 Å². The van der Waals surface area contributed by atoms with Crippen LogP contribution in [0.4, 0.5) is 0 Å². The van der Waals surface area contributed by atoms with Crippen LogP contribution in [0.5, 0.6) is 0 Å². The normalized spacial score (nSPS) is 10.1. The van der Waals surface area contributed by atoms with Crippen LogP contribution in [-0.2, 0) is 11.2 Å². The molecule has 0 aliphatic rings. The van der Waals surface area contributed by atoms with E-state index in [4.69, 9.17) is 0 Å². The van der Waals surface area contributed by atoms with Crippen LogP contribution in [0.15, 0.2) is 46.3 Å². The Hall–Kier alpha value is -1.66. The first-order valence-corrected chi connectivity index (χ1v) is 7.64. The first-order valence-electron chi connectivity index (χ1n) is 6.03. The third-order valence-corrected chi connectivity index (χ3v) is 4.22. The number of rotatable bonds is 4. The van der Waals surface area contributed by atoms with E-state index in [2.05, 4.69) is 26.8 Å². The summed E-state index contributed by atoms with van der Waals surface area (Å²) in [6, 6.07) is 13.2. The molecule has 0 unspecified atom stereocenters. The van der Waals surface area contributed by atoms with Gasteiger partial charge in [0.05, 0.1) is 8.66 Å². The molecule has 0 spiro atoms. The number of amides is 2. The third kappa shape index (κ3) is 4.47. The van der Waals surface area contributed by atoms with Gasteiger partial charge in [-0.1, -0.05) is 30.3 Å². The second kappa shape index (κ2) is 7.21. The minimum absolute atomic E-state index is 0.210. The van der Waals surface area contributed by atoms with Crippen LogP contribution in [0, 0.1) is 0 Å². The number of carbonyl (C=O) groups is 2. The largest absolute Gasteiger partial charge is 0.279 e. The monoisotopic (exact) mass is 352 g/mol. The summed E-state index contributed by atoms with van der Waals surface area (Å²) < 4.78 is 0.873. The molecule has 2 amide bonds. The zero-order valence-corrected chi connectivity index (χ0v) is 13.0. The van der Waals surface area contributed by atoms with Crippen LogP contribution in [0.2, 0.25) is 0 Å². The van der Waals surface area contributed by atoms with Crippen LogP contribution < -0.4 is 10.9 Å². The van der Waals surface area contributed by atoms with Crippen molar-refractivity contribution in [1.82, 2.24) is 10.9 Å². The van der Waals surface area contributed by atoms with Crippen LogP contribution in [0.3, 0.4) is 0 Å². The molecule has 0 aliphatic carbocycles. The first-order chi connectivity index (χ1) is 9.65. The molecule has 0 saturated heterocycles. The van der Waals surface area contributed by atoms with Gasteiger partial charge in [0, 0.05) is 6.42 Å². The van der Waals surface area contributed by atoms with Crippen molar-refractivity contribution in [2.24, 2.45) is 0 Å². The summed E-state index contributed by atoms with van der Waals surface area (Å²) in [4.78, 5) is 23.9. The Morgan fingerprint density at radius 3 is 2.45 bits per heavy atom. The molecule has 0 fully saturated rings. The molecule has 0 saturated carbocycles. The topological polar surface area (TPSA) is 58.2 Å². The van der Waals surface area contributed by atoms with Gasteiger partial charge in [0.15, 0.2) is 0 Å². The molecule has 0 atom stereocenters. The van der Waals surface area contributed by atoms with Gasteiger partial charge in [-0.15, -0.1) is 11.3 Å². The fraction of sp³-hybridized carbons (Fsp3) is 0.143. The lowest BCUT2D eigenvalue weighted by Crippen LogP contribution is -2.41. The van der Waals surface area contributed by atoms with Gasteiger partial charge in [0.2, 0.25) is 5.91 Å². The van der Waals surface area contributed by atoms with Crippen molar-refractivity contribution < 1.29 is 9.59 Å². The SMILES string of the molecule is O=C(CCc1ccccc1)NNC(=O)c1ccc(Br)s1. The molecular formula is C14H13BrN2O2S. The van der Waals surface area contributed by atoms with Gasteiger partial charge in [0.25, 0.3) is 5.91 Å². The fourth-order valence-electron chi connectivity index (χ4n) is 1.59. The van der Waals surface area contributed by atoms with Crippen molar-refractivity contribution in [3.63, 3.8) is 0 Å². The van der Waals surface area contributed by atoms with Crippen molar-refractivity contribution in [3.8, 4) is 0 Å². The molecule has 2 aromatic rings. The van der Waals surface area contributed by atoms with Gasteiger partial charge in [-0.3, -0.25) is 20.4 Å². The summed E-state index contributed by atoms with van der Waals surface area (Å²) in [5.41, 5.74) is 5.91. The number of hydrazine groups is 1. The van der Waals surface area contributed by atoms with Crippen LogP contribution >= 0.6 is 27.3 Å². The molecular weight excluding hydrogens is 340 g/mol. The number of hydrogen-bond donors (Lipinski definition) is 2. The number of nitrogens with one attached hydrogen (secondary N) is 2. The summed E-state index contributed by atoms with van der Waals surface area (Å²) in [5.74, 6) is -0.522. The molecule has 1 aromatic heterocycles. The van der Waals surface area contributed by atoms with Crippen LogP contribution in [-0.4, -0.2) is 11.8 Å². The summed E-state index contributed by atoms with van der Waals surface area (Å²) in [6.07, 6.45) is 0.978. The predicted molar refractivity (Wildman–Crippen MR) is 82.4 cm³/mol. The Morgan fingerprint density at radius 1 is 1.05 bits per heavy atom. The van der Waals surface area contributed by atoms with Gasteiger partial charge in [-0.2, -0.15) is 0 Å². The van der Waals surface area contributed by atoms with E-state index in [1.54, 1.807) is 12.1 Å². The highest BCUT2D eigenvalue weighted by Gasteiger charge is 2.09. The molecule has 1 heterocycles. The molecule has 20 heavy (non-hydrogen) atoms. The van der Waals surface area contributed by atoms with Crippen molar-refractivity contribution >= 4 is 39.1 Å². The van der Waals surface area contributed by atoms with E-state index in [1.165, 1.54) is 11.3 Å². The number of halogens is 1. The van der Waals surface area contributed by atoms with E-state index >= 15 is 0 Å². The predicted octanol–water partition coefficient (Wildman–Crippen LogP) is 2.90. The fourth-order valence-corrected chi connectivity index (χ4v) is 2.87. The molecule has 4 nitrogen and oxygen atoms in total. The van der Waals surface area contributed by atoms with Crippen LogP contribution in [0.1, 0.15) is 21.7 Å².